The molecule has 0 bridgehead atoms. The fourth-order valence-electron chi connectivity index (χ4n) is 2.68. The van der Waals surface area contributed by atoms with E-state index in [9.17, 15) is 4.79 Å². The molecule has 0 heterocycles. The Hall–Kier alpha value is -2.13. The molecule has 0 saturated heterocycles. The lowest BCUT2D eigenvalue weighted by atomic mass is 9.98. The van der Waals surface area contributed by atoms with E-state index in [1.54, 1.807) is 0 Å². The largest absolute Gasteiger partial charge is 0.481 e. The molecule has 0 aliphatic carbocycles. The highest BCUT2D eigenvalue weighted by Gasteiger charge is 2.14. The number of carboxylic acid groups (broad SMARTS) is 1. The Kier molecular flexibility index (Phi) is 5.73. The summed E-state index contributed by atoms with van der Waals surface area (Å²) in [7, 11) is 0. The summed E-state index contributed by atoms with van der Waals surface area (Å²) in [6.45, 7) is 4.29. The average molecular weight is 297 g/mol. The van der Waals surface area contributed by atoms with Crippen LogP contribution in [-0.2, 0) is 11.2 Å². The number of rotatable bonds is 7. The third-order valence-electron chi connectivity index (χ3n) is 3.87. The molecule has 0 aromatic heterocycles. The van der Waals surface area contributed by atoms with E-state index in [0.29, 0.717) is 0 Å². The van der Waals surface area contributed by atoms with Gasteiger partial charge in [-0.15, -0.1) is 0 Å². The van der Waals surface area contributed by atoms with E-state index in [1.165, 1.54) is 5.56 Å². The zero-order chi connectivity index (χ0) is 15.9. The van der Waals surface area contributed by atoms with Gasteiger partial charge >= 0.3 is 5.97 Å². The van der Waals surface area contributed by atoms with Crippen molar-refractivity contribution >= 4 is 5.97 Å². The first-order valence-electron chi connectivity index (χ1n) is 7.71. The van der Waals surface area contributed by atoms with Crippen molar-refractivity contribution in [3.63, 3.8) is 0 Å². The predicted octanol–water partition coefficient (Wildman–Crippen LogP) is 4.12. The van der Waals surface area contributed by atoms with Crippen LogP contribution >= 0.6 is 0 Å². The SMILES string of the molecule is CCC(N[C@H](C)c1ccccc1)c1cccc(CC(=O)O)c1. The van der Waals surface area contributed by atoms with Crippen LogP contribution in [0.4, 0.5) is 0 Å². The summed E-state index contributed by atoms with van der Waals surface area (Å²) >= 11 is 0. The van der Waals surface area contributed by atoms with Crippen LogP contribution in [0, 0.1) is 0 Å². The summed E-state index contributed by atoms with van der Waals surface area (Å²) in [4.78, 5) is 10.9. The molecule has 0 amide bonds. The molecule has 0 radical (unpaired) electrons. The van der Waals surface area contributed by atoms with E-state index < -0.39 is 5.97 Å². The molecule has 3 nitrogen and oxygen atoms in total. The van der Waals surface area contributed by atoms with Gasteiger partial charge < -0.3 is 10.4 Å². The Labute approximate surface area is 132 Å². The maximum atomic E-state index is 10.9. The van der Waals surface area contributed by atoms with Crippen LogP contribution in [0.1, 0.15) is 49.0 Å². The highest BCUT2D eigenvalue weighted by molar-refractivity contribution is 5.70. The van der Waals surface area contributed by atoms with Crippen LogP contribution in [0.5, 0.6) is 0 Å². The van der Waals surface area contributed by atoms with E-state index in [4.69, 9.17) is 5.11 Å². The minimum absolute atomic E-state index is 0.0680. The predicted molar refractivity (Wildman–Crippen MR) is 88.8 cm³/mol. The summed E-state index contributed by atoms with van der Waals surface area (Å²) in [6, 6.07) is 18.6. The standard InChI is InChI=1S/C19H23NO2/c1-3-18(20-14(2)16-9-5-4-6-10-16)17-11-7-8-15(12-17)13-19(21)22/h4-12,14,18,20H,3,13H2,1-2H3,(H,21,22)/t14-,18?/m1/s1. The van der Waals surface area contributed by atoms with E-state index in [2.05, 4.69) is 37.4 Å². The van der Waals surface area contributed by atoms with Crippen molar-refractivity contribution in [1.29, 1.82) is 0 Å². The summed E-state index contributed by atoms with van der Waals surface area (Å²) in [5.41, 5.74) is 3.24. The molecule has 0 spiro atoms. The third-order valence-corrected chi connectivity index (χ3v) is 3.87. The maximum absolute atomic E-state index is 10.9. The van der Waals surface area contributed by atoms with Gasteiger partial charge in [-0.25, -0.2) is 0 Å². The number of nitrogens with one attached hydrogen (secondary N) is 1. The van der Waals surface area contributed by atoms with Crippen LogP contribution in [-0.4, -0.2) is 11.1 Å². The zero-order valence-corrected chi connectivity index (χ0v) is 13.1. The van der Waals surface area contributed by atoms with Gasteiger partial charge in [0, 0.05) is 12.1 Å². The summed E-state index contributed by atoms with van der Waals surface area (Å²) < 4.78 is 0. The van der Waals surface area contributed by atoms with Gasteiger partial charge in [0.15, 0.2) is 0 Å². The fraction of sp³-hybridized carbons (Fsp3) is 0.316. The summed E-state index contributed by atoms with van der Waals surface area (Å²) in [5.74, 6) is -0.796. The molecule has 0 fully saturated rings. The van der Waals surface area contributed by atoms with Gasteiger partial charge in [-0.2, -0.15) is 0 Å². The average Bonchev–Trinajstić information content (AvgIpc) is 2.53. The molecule has 0 aliphatic rings. The molecular formula is C19H23NO2. The first-order valence-corrected chi connectivity index (χ1v) is 7.71. The normalized spacial score (nSPS) is 13.5. The molecule has 2 aromatic rings. The Morgan fingerprint density at radius 2 is 1.77 bits per heavy atom. The van der Waals surface area contributed by atoms with Crippen molar-refractivity contribution in [2.45, 2.75) is 38.8 Å². The second-order valence-electron chi connectivity index (χ2n) is 5.58. The molecule has 2 rings (SSSR count). The lowest BCUT2D eigenvalue weighted by Crippen LogP contribution is -2.24. The third kappa shape index (κ3) is 4.43. The first-order chi connectivity index (χ1) is 10.6. The number of benzene rings is 2. The van der Waals surface area contributed by atoms with Crippen LogP contribution in [0.15, 0.2) is 54.6 Å². The Bertz CT molecular complexity index is 610. The molecule has 3 heteroatoms. The highest BCUT2D eigenvalue weighted by atomic mass is 16.4. The van der Waals surface area contributed by atoms with Gasteiger partial charge in [-0.3, -0.25) is 4.79 Å². The highest BCUT2D eigenvalue weighted by Crippen LogP contribution is 2.23. The fourth-order valence-corrected chi connectivity index (χ4v) is 2.68. The monoisotopic (exact) mass is 297 g/mol. The van der Waals surface area contributed by atoms with E-state index in [0.717, 1.165) is 17.5 Å². The smallest absolute Gasteiger partial charge is 0.307 e. The Morgan fingerprint density at radius 3 is 2.41 bits per heavy atom. The van der Waals surface area contributed by atoms with Crippen LogP contribution < -0.4 is 5.32 Å². The molecule has 0 saturated carbocycles. The summed E-state index contributed by atoms with van der Waals surface area (Å²) in [5, 5.41) is 12.6. The molecule has 22 heavy (non-hydrogen) atoms. The lowest BCUT2D eigenvalue weighted by Gasteiger charge is -2.23. The van der Waals surface area contributed by atoms with Gasteiger partial charge in [-0.1, -0.05) is 61.5 Å². The quantitative estimate of drug-likeness (QED) is 0.808. The molecular weight excluding hydrogens is 274 g/mol. The first kappa shape index (κ1) is 16.2. The van der Waals surface area contributed by atoms with Gasteiger partial charge in [-0.05, 0) is 30.0 Å². The number of hydrogen-bond donors (Lipinski definition) is 2. The van der Waals surface area contributed by atoms with E-state index in [-0.39, 0.29) is 18.5 Å². The van der Waals surface area contributed by atoms with Crippen molar-refractivity contribution in [3.05, 3.63) is 71.3 Å². The number of carboxylic acids is 1. The zero-order valence-electron chi connectivity index (χ0n) is 13.1. The molecule has 2 atom stereocenters. The second kappa shape index (κ2) is 7.76. The van der Waals surface area contributed by atoms with E-state index >= 15 is 0 Å². The second-order valence-corrected chi connectivity index (χ2v) is 5.58. The summed E-state index contributed by atoms with van der Waals surface area (Å²) in [6.07, 6.45) is 1.02. The number of carbonyl (C=O) groups is 1. The van der Waals surface area contributed by atoms with Crippen LogP contribution in [0.25, 0.3) is 0 Å². The molecule has 2 aromatic carbocycles. The minimum Gasteiger partial charge on any atom is -0.481 e. The van der Waals surface area contributed by atoms with Crippen molar-refractivity contribution in [2.24, 2.45) is 0 Å². The van der Waals surface area contributed by atoms with Gasteiger partial charge in [0.1, 0.15) is 0 Å². The Balaban J connectivity index is 2.12. The lowest BCUT2D eigenvalue weighted by molar-refractivity contribution is -0.136. The molecule has 1 unspecified atom stereocenters. The topological polar surface area (TPSA) is 49.3 Å². The van der Waals surface area contributed by atoms with Crippen LogP contribution in [0.2, 0.25) is 0 Å². The number of aliphatic carboxylic acids is 1. The van der Waals surface area contributed by atoms with Crippen LogP contribution in [0.3, 0.4) is 0 Å². The van der Waals surface area contributed by atoms with E-state index in [1.807, 2.05) is 36.4 Å². The van der Waals surface area contributed by atoms with Crippen molar-refractivity contribution in [3.8, 4) is 0 Å². The molecule has 116 valence electrons. The Morgan fingerprint density at radius 1 is 1.09 bits per heavy atom. The van der Waals surface area contributed by atoms with Gasteiger partial charge in [0.25, 0.3) is 0 Å². The van der Waals surface area contributed by atoms with Gasteiger partial charge in [0.05, 0.1) is 6.42 Å². The molecule has 2 N–H and O–H groups in total. The number of hydrogen-bond acceptors (Lipinski definition) is 2. The van der Waals surface area contributed by atoms with Gasteiger partial charge in [0.2, 0.25) is 0 Å². The maximum Gasteiger partial charge on any atom is 0.307 e. The van der Waals surface area contributed by atoms with Crippen molar-refractivity contribution < 1.29 is 9.90 Å². The molecule has 0 aliphatic heterocycles. The minimum atomic E-state index is -0.796. The van der Waals surface area contributed by atoms with Crippen molar-refractivity contribution in [1.82, 2.24) is 5.32 Å². The van der Waals surface area contributed by atoms with Crippen molar-refractivity contribution in [2.75, 3.05) is 0 Å².